The molecule has 1 unspecified atom stereocenters. The van der Waals surface area contributed by atoms with Gasteiger partial charge in [0.15, 0.2) is 0 Å². The molecular weight excluding hydrogens is 240 g/mol. The molecule has 1 atom stereocenters. The highest BCUT2D eigenvalue weighted by molar-refractivity contribution is 5.21. The fourth-order valence-corrected chi connectivity index (χ4v) is 1.94. The van der Waals surface area contributed by atoms with E-state index in [-0.39, 0.29) is 6.04 Å². The monoisotopic (exact) mass is 260 g/mol. The topological polar surface area (TPSA) is 66.0 Å². The van der Waals surface area contributed by atoms with Gasteiger partial charge in [-0.3, -0.25) is 0 Å². The van der Waals surface area contributed by atoms with Crippen LogP contribution in [0.1, 0.15) is 31.1 Å². The van der Waals surface area contributed by atoms with E-state index in [1.165, 1.54) is 0 Å². The predicted octanol–water partition coefficient (Wildman–Crippen LogP) is 1.99. The number of hydrogen-bond acceptors (Lipinski definition) is 4. The molecule has 0 saturated carbocycles. The molecule has 2 aromatic rings. The number of aromatic nitrogens is 3. The van der Waals surface area contributed by atoms with Gasteiger partial charge in [0.1, 0.15) is 0 Å². The lowest BCUT2D eigenvalue weighted by atomic mass is 10.0. The van der Waals surface area contributed by atoms with Crippen molar-refractivity contribution < 1.29 is 4.74 Å². The Hall–Kier alpha value is -1.88. The van der Waals surface area contributed by atoms with E-state index in [0.29, 0.717) is 18.3 Å². The van der Waals surface area contributed by atoms with Crippen LogP contribution in [0, 0.1) is 5.92 Å². The van der Waals surface area contributed by atoms with Gasteiger partial charge in [-0.25, -0.2) is 9.97 Å². The fourth-order valence-electron chi connectivity index (χ4n) is 1.94. The van der Waals surface area contributed by atoms with E-state index in [1.807, 2.05) is 24.7 Å². The summed E-state index contributed by atoms with van der Waals surface area (Å²) < 4.78 is 7.20. The minimum Gasteiger partial charge on any atom is -0.481 e. The van der Waals surface area contributed by atoms with Gasteiger partial charge < -0.3 is 15.0 Å². The highest BCUT2D eigenvalue weighted by Gasteiger charge is 2.15. The lowest BCUT2D eigenvalue weighted by molar-refractivity contribution is 0.397. The summed E-state index contributed by atoms with van der Waals surface area (Å²) in [4.78, 5) is 8.30. The highest BCUT2D eigenvalue weighted by Crippen LogP contribution is 2.19. The van der Waals surface area contributed by atoms with E-state index in [4.69, 9.17) is 10.5 Å². The molecule has 2 heterocycles. The third kappa shape index (κ3) is 3.12. The number of nitrogens with two attached hydrogens (primary N) is 1. The minimum atomic E-state index is -0.00812. The number of methoxy groups -OCH3 is 1. The van der Waals surface area contributed by atoms with E-state index < -0.39 is 0 Å². The van der Waals surface area contributed by atoms with Crippen LogP contribution in [0.3, 0.4) is 0 Å². The Labute approximate surface area is 113 Å². The Balaban J connectivity index is 2.21. The van der Waals surface area contributed by atoms with Crippen molar-refractivity contribution in [3.8, 4) is 5.88 Å². The molecule has 0 amide bonds. The maximum Gasteiger partial charge on any atom is 0.213 e. The Morgan fingerprint density at radius 2 is 2.21 bits per heavy atom. The molecule has 19 heavy (non-hydrogen) atoms. The van der Waals surface area contributed by atoms with Gasteiger partial charge in [-0.2, -0.15) is 0 Å². The van der Waals surface area contributed by atoms with Crippen LogP contribution >= 0.6 is 0 Å². The second-order valence-corrected chi connectivity index (χ2v) is 4.92. The molecule has 0 spiro atoms. The second-order valence-electron chi connectivity index (χ2n) is 4.92. The number of nitrogens with zero attached hydrogens (tertiary/aromatic N) is 3. The molecule has 0 bridgehead atoms. The molecule has 2 N–H and O–H groups in total. The molecule has 0 aromatic carbocycles. The summed E-state index contributed by atoms with van der Waals surface area (Å²) in [6.45, 7) is 4.93. The van der Waals surface area contributed by atoms with Crippen molar-refractivity contribution in [2.24, 2.45) is 11.7 Å². The minimum absolute atomic E-state index is 0.00812. The van der Waals surface area contributed by atoms with Crippen LogP contribution < -0.4 is 10.5 Å². The van der Waals surface area contributed by atoms with E-state index in [2.05, 4.69) is 28.4 Å². The zero-order valence-corrected chi connectivity index (χ0v) is 11.6. The molecular formula is C14H20N4O. The zero-order chi connectivity index (χ0) is 13.8. The van der Waals surface area contributed by atoms with Gasteiger partial charge in [0.05, 0.1) is 19.1 Å². The number of rotatable bonds is 5. The third-order valence-electron chi connectivity index (χ3n) is 3.17. The third-order valence-corrected chi connectivity index (χ3v) is 3.17. The van der Waals surface area contributed by atoms with Gasteiger partial charge in [-0.1, -0.05) is 13.8 Å². The summed E-state index contributed by atoms with van der Waals surface area (Å²) in [7, 11) is 1.61. The fraction of sp³-hybridized carbons (Fsp3) is 0.429. The van der Waals surface area contributed by atoms with Gasteiger partial charge >= 0.3 is 0 Å². The van der Waals surface area contributed by atoms with E-state index in [0.717, 1.165) is 11.3 Å². The number of pyridine rings is 1. The molecule has 0 aliphatic rings. The summed E-state index contributed by atoms with van der Waals surface area (Å²) >= 11 is 0. The SMILES string of the molecule is COc1cc(Cn2cncc2C(N)C(C)C)ccn1. The normalized spacial score (nSPS) is 12.7. The molecule has 0 aliphatic heterocycles. The van der Waals surface area contributed by atoms with Crippen molar-refractivity contribution in [1.29, 1.82) is 0 Å². The number of hydrogen-bond donors (Lipinski definition) is 1. The Bertz CT molecular complexity index is 536. The molecule has 2 aromatic heterocycles. The molecule has 5 nitrogen and oxygen atoms in total. The van der Waals surface area contributed by atoms with Crippen LogP contribution in [0.15, 0.2) is 30.9 Å². The van der Waals surface area contributed by atoms with Crippen LogP contribution in [0.25, 0.3) is 0 Å². The maximum atomic E-state index is 6.19. The number of imidazole rings is 1. The van der Waals surface area contributed by atoms with Crippen LogP contribution in [0.2, 0.25) is 0 Å². The molecule has 5 heteroatoms. The second kappa shape index (κ2) is 5.84. The van der Waals surface area contributed by atoms with Crippen LogP contribution in [-0.2, 0) is 6.54 Å². The largest absolute Gasteiger partial charge is 0.481 e. The number of ether oxygens (including phenoxy) is 1. The molecule has 2 rings (SSSR count). The van der Waals surface area contributed by atoms with Crippen LogP contribution in [-0.4, -0.2) is 21.6 Å². The Kier molecular flexibility index (Phi) is 4.16. The quantitative estimate of drug-likeness (QED) is 0.892. The van der Waals surface area contributed by atoms with Gasteiger partial charge in [-0.15, -0.1) is 0 Å². The Morgan fingerprint density at radius 3 is 2.89 bits per heavy atom. The van der Waals surface area contributed by atoms with Gasteiger partial charge in [0.2, 0.25) is 5.88 Å². The predicted molar refractivity (Wildman–Crippen MR) is 73.9 cm³/mol. The van der Waals surface area contributed by atoms with Crippen LogP contribution in [0.4, 0.5) is 0 Å². The van der Waals surface area contributed by atoms with E-state index in [1.54, 1.807) is 13.3 Å². The average Bonchev–Trinajstić information content (AvgIpc) is 2.86. The van der Waals surface area contributed by atoms with Crippen molar-refractivity contribution in [3.05, 3.63) is 42.1 Å². The first-order chi connectivity index (χ1) is 9.11. The standard InChI is InChI=1S/C14H20N4O/c1-10(2)14(15)12-7-16-9-18(12)8-11-4-5-17-13(6-11)19-3/h4-7,9-10,14H,8,15H2,1-3H3. The van der Waals surface area contributed by atoms with E-state index in [9.17, 15) is 0 Å². The lowest BCUT2D eigenvalue weighted by Gasteiger charge is -2.18. The van der Waals surface area contributed by atoms with E-state index >= 15 is 0 Å². The highest BCUT2D eigenvalue weighted by atomic mass is 16.5. The summed E-state index contributed by atoms with van der Waals surface area (Å²) in [6, 6.07) is 3.88. The average molecular weight is 260 g/mol. The summed E-state index contributed by atoms with van der Waals surface area (Å²) in [6.07, 6.45) is 5.39. The van der Waals surface area contributed by atoms with Crippen molar-refractivity contribution in [2.75, 3.05) is 7.11 Å². The van der Waals surface area contributed by atoms with Gasteiger partial charge in [-0.05, 0) is 17.5 Å². The smallest absolute Gasteiger partial charge is 0.213 e. The first-order valence-corrected chi connectivity index (χ1v) is 6.36. The summed E-state index contributed by atoms with van der Waals surface area (Å²) in [5.74, 6) is 0.995. The molecule has 0 aliphatic carbocycles. The van der Waals surface area contributed by atoms with Crippen molar-refractivity contribution in [2.45, 2.75) is 26.4 Å². The van der Waals surface area contributed by atoms with Crippen molar-refractivity contribution in [3.63, 3.8) is 0 Å². The molecule has 102 valence electrons. The lowest BCUT2D eigenvalue weighted by Crippen LogP contribution is -2.20. The van der Waals surface area contributed by atoms with Crippen molar-refractivity contribution in [1.82, 2.24) is 14.5 Å². The van der Waals surface area contributed by atoms with Gasteiger partial charge in [0.25, 0.3) is 0 Å². The molecule has 0 radical (unpaired) electrons. The van der Waals surface area contributed by atoms with Crippen LogP contribution in [0.5, 0.6) is 5.88 Å². The molecule has 0 fully saturated rings. The summed E-state index contributed by atoms with van der Waals surface area (Å²) in [5, 5.41) is 0. The first-order valence-electron chi connectivity index (χ1n) is 6.36. The molecule has 0 saturated heterocycles. The summed E-state index contributed by atoms with van der Waals surface area (Å²) in [5.41, 5.74) is 8.35. The Morgan fingerprint density at radius 1 is 1.42 bits per heavy atom. The first kappa shape index (κ1) is 13.5. The van der Waals surface area contributed by atoms with Crippen molar-refractivity contribution >= 4 is 0 Å². The maximum absolute atomic E-state index is 6.19. The zero-order valence-electron chi connectivity index (χ0n) is 11.6. The van der Waals surface area contributed by atoms with Gasteiger partial charge in [0, 0.05) is 31.0 Å².